The molecule has 1 atom stereocenters. The van der Waals surface area contributed by atoms with Gasteiger partial charge in [0.1, 0.15) is 5.82 Å². The summed E-state index contributed by atoms with van der Waals surface area (Å²) >= 11 is 0. The Kier molecular flexibility index (Phi) is 4.95. The minimum absolute atomic E-state index is 0.0772. The van der Waals surface area contributed by atoms with Gasteiger partial charge < -0.3 is 5.32 Å². The molecular formula is C20H23FN2O. The van der Waals surface area contributed by atoms with E-state index in [0.717, 1.165) is 36.9 Å². The zero-order valence-electron chi connectivity index (χ0n) is 14.2. The summed E-state index contributed by atoms with van der Waals surface area (Å²) in [6.45, 7) is 0.772. The SMILES string of the molecule is CNC(=O)c1ccc(CN(C)C2CCCc3ccc(F)cc32)cc1. The van der Waals surface area contributed by atoms with Crippen LogP contribution in [0.15, 0.2) is 42.5 Å². The molecule has 0 saturated carbocycles. The summed E-state index contributed by atoms with van der Waals surface area (Å²) in [5, 5.41) is 2.62. The molecule has 2 aromatic rings. The zero-order valence-corrected chi connectivity index (χ0v) is 14.2. The van der Waals surface area contributed by atoms with E-state index in [1.165, 1.54) is 5.56 Å². The van der Waals surface area contributed by atoms with Crippen molar-refractivity contribution < 1.29 is 9.18 Å². The molecule has 3 rings (SSSR count). The van der Waals surface area contributed by atoms with Crippen LogP contribution in [-0.2, 0) is 13.0 Å². The van der Waals surface area contributed by atoms with Gasteiger partial charge in [0.15, 0.2) is 0 Å². The number of fused-ring (bicyclic) bond motifs is 1. The topological polar surface area (TPSA) is 32.3 Å². The lowest BCUT2D eigenvalue weighted by molar-refractivity contribution is 0.0963. The molecule has 3 nitrogen and oxygen atoms in total. The lowest BCUT2D eigenvalue weighted by Gasteiger charge is -2.33. The van der Waals surface area contributed by atoms with Crippen LogP contribution in [0.4, 0.5) is 4.39 Å². The van der Waals surface area contributed by atoms with Gasteiger partial charge in [0.05, 0.1) is 0 Å². The zero-order chi connectivity index (χ0) is 17.1. The maximum atomic E-state index is 13.7. The van der Waals surface area contributed by atoms with E-state index < -0.39 is 0 Å². The molecule has 126 valence electrons. The largest absolute Gasteiger partial charge is 0.355 e. The molecule has 1 N–H and O–H groups in total. The minimum Gasteiger partial charge on any atom is -0.355 e. The Labute approximate surface area is 142 Å². The highest BCUT2D eigenvalue weighted by molar-refractivity contribution is 5.93. The van der Waals surface area contributed by atoms with E-state index in [2.05, 4.69) is 17.3 Å². The molecule has 0 aromatic heterocycles. The summed E-state index contributed by atoms with van der Waals surface area (Å²) in [5.74, 6) is -0.240. The summed E-state index contributed by atoms with van der Waals surface area (Å²) < 4.78 is 13.7. The first kappa shape index (κ1) is 16.7. The molecule has 2 aromatic carbocycles. The number of nitrogens with one attached hydrogen (secondary N) is 1. The molecule has 1 amide bonds. The molecule has 0 bridgehead atoms. The molecule has 0 spiro atoms. The van der Waals surface area contributed by atoms with Gasteiger partial charge >= 0.3 is 0 Å². The van der Waals surface area contributed by atoms with Crippen molar-refractivity contribution in [3.8, 4) is 0 Å². The summed E-state index contributed by atoms with van der Waals surface area (Å²) in [4.78, 5) is 13.9. The Bertz CT molecular complexity index is 727. The van der Waals surface area contributed by atoms with Crippen molar-refractivity contribution in [1.82, 2.24) is 10.2 Å². The average molecular weight is 326 g/mol. The Morgan fingerprint density at radius 1 is 1.25 bits per heavy atom. The predicted molar refractivity (Wildman–Crippen MR) is 93.4 cm³/mol. The molecule has 1 aliphatic carbocycles. The summed E-state index contributed by atoms with van der Waals surface area (Å²) in [7, 11) is 3.71. The number of hydrogen-bond acceptors (Lipinski definition) is 2. The number of hydrogen-bond donors (Lipinski definition) is 1. The molecule has 0 radical (unpaired) electrons. The van der Waals surface area contributed by atoms with Gasteiger partial charge in [-0.15, -0.1) is 0 Å². The van der Waals surface area contributed by atoms with E-state index >= 15 is 0 Å². The average Bonchev–Trinajstić information content (AvgIpc) is 2.61. The molecule has 1 aliphatic rings. The van der Waals surface area contributed by atoms with Crippen molar-refractivity contribution in [1.29, 1.82) is 0 Å². The number of benzene rings is 2. The minimum atomic E-state index is -0.163. The number of halogens is 1. The highest BCUT2D eigenvalue weighted by Gasteiger charge is 2.24. The van der Waals surface area contributed by atoms with Crippen molar-refractivity contribution in [2.75, 3.05) is 14.1 Å². The van der Waals surface area contributed by atoms with Crippen LogP contribution >= 0.6 is 0 Å². The van der Waals surface area contributed by atoms with Crippen LogP contribution in [0.1, 0.15) is 45.9 Å². The molecule has 0 aliphatic heterocycles. The van der Waals surface area contributed by atoms with Gasteiger partial charge in [-0.1, -0.05) is 18.2 Å². The fourth-order valence-corrected chi connectivity index (χ4v) is 3.51. The molecular weight excluding hydrogens is 303 g/mol. The summed E-state index contributed by atoms with van der Waals surface area (Å²) in [5.41, 5.74) is 4.18. The van der Waals surface area contributed by atoms with Gasteiger partial charge in [-0.2, -0.15) is 0 Å². The van der Waals surface area contributed by atoms with E-state index in [1.807, 2.05) is 30.3 Å². The lowest BCUT2D eigenvalue weighted by atomic mass is 9.86. The predicted octanol–water partition coefficient (Wildman–Crippen LogP) is 3.69. The first-order chi connectivity index (χ1) is 11.6. The first-order valence-corrected chi connectivity index (χ1v) is 8.38. The Balaban J connectivity index is 1.75. The van der Waals surface area contributed by atoms with Crippen LogP contribution in [0, 0.1) is 5.82 Å². The monoisotopic (exact) mass is 326 g/mol. The molecule has 24 heavy (non-hydrogen) atoms. The van der Waals surface area contributed by atoms with Crippen molar-refractivity contribution >= 4 is 5.91 Å². The number of carbonyl (C=O) groups excluding carboxylic acids is 1. The van der Waals surface area contributed by atoms with E-state index in [0.29, 0.717) is 5.56 Å². The Morgan fingerprint density at radius 3 is 2.71 bits per heavy atom. The van der Waals surface area contributed by atoms with Gasteiger partial charge in [0.25, 0.3) is 5.91 Å². The van der Waals surface area contributed by atoms with E-state index in [9.17, 15) is 9.18 Å². The van der Waals surface area contributed by atoms with Crippen LogP contribution < -0.4 is 5.32 Å². The fourth-order valence-electron chi connectivity index (χ4n) is 3.51. The Hall–Kier alpha value is -2.20. The third kappa shape index (κ3) is 3.49. The highest BCUT2D eigenvalue weighted by atomic mass is 19.1. The van der Waals surface area contributed by atoms with Crippen LogP contribution in [0.3, 0.4) is 0 Å². The maximum absolute atomic E-state index is 13.7. The fraction of sp³-hybridized carbons (Fsp3) is 0.350. The van der Waals surface area contributed by atoms with Crippen molar-refractivity contribution in [3.05, 3.63) is 70.5 Å². The molecule has 0 saturated heterocycles. The van der Waals surface area contributed by atoms with Gasteiger partial charge in [-0.3, -0.25) is 9.69 Å². The van der Waals surface area contributed by atoms with Gasteiger partial charge in [-0.05, 0) is 67.3 Å². The van der Waals surface area contributed by atoms with E-state index in [4.69, 9.17) is 0 Å². The van der Waals surface area contributed by atoms with Gasteiger partial charge in [-0.25, -0.2) is 4.39 Å². The molecule has 0 fully saturated rings. The Morgan fingerprint density at radius 2 is 2.00 bits per heavy atom. The number of rotatable bonds is 4. The number of amides is 1. The highest BCUT2D eigenvalue weighted by Crippen LogP contribution is 2.34. The molecule has 0 heterocycles. The van der Waals surface area contributed by atoms with Crippen LogP contribution in [0.5, 0.6) is 0 Å². The summed E-state index contributed by atoms with van der Waals surface area (Å²) in [6, 6.07) is 13.1. The number of aryl methyl sites for hydroxylation is 1. The van der Waals surface area contributed by atoms with Crippen LogP contribution in [-0.4, -0.2) is 24.9 Å². The van der Waals surface area contributed by atoms with E-state index in [1.54, 1.807) is 19.2 Å². The van der Waals surface area contributed by atoms with Crippen molar-refractivity contribution in [2.45, 2.75) is 31.8 Å². The third-order valence-electron chi connectivity index (χ3n) is 4.80. The first-order valence-electron chi connectivity index (χ1n) is 8.38. The number of carbonyl (C=O) groups is 1. The third-order valence-corrected chi connectivity index (χ3v) is 4.80. The molecule has 4 heteroatoms. The normalized spacial score (nSPS) is 16.8. The van der Waals surface area contributed by atoms with Crippen molar-refractivity contribution in [2.24, 2.45) is 0 Å². The lowest BCUT2D eigenvalue weighted by Crippen LogP contribution is -2.27. The van der Waals surface area contributed by atoms with Gasteiger partial charge in [0, 0.05) is 25.2 Å². The standard InChI is InChI=1S/C20H23FN2O/c1-22-20(24)16-8-6-14(7-9-16)13-23(2)19-5-3-4-15-10-11-17(21)12-18(15)19/h6-12,19H,3-5,13H2,1-2H3,(H,22,24). The maximum Gasteiger partial charge on any atom is 0.251 e. The van der Waals surface area contributed by atoms with Crippen molar-refractivity contribution in [3.63, 3.8) is 0 Å². The quantitative estimate of drug-likeness (QED) is 0.929. The van der Waals surface area contributed by atoms with E-state index in [-0.39, 0.29) is 17.8 Å². The van der Waals surface area contributed by atoms with Gasteiger partial charge in [0.2, 0.25) is 0 Å². The summed E-state index contributed by atoms with van der Waals surface area (Å²) in [6.07, 6.45) is 3.20. The van der Waals surface area contributed by atoms with Crippen LogP contribution in [0.2, 0.25) is 0 Å². The second-order valence-corrected chi connectivity index (χ2v) is 6.44. The number of nitrogens with zero attached hydrogens (tertiary/aromatic N) is 1. The second kappa shape index (κ2) is 7.14. The second-order valence-electron chi connectivity index (χ2n) is 6.44. The smallest absolute Gasteiger partial charge is 0.251 e. The van der Waals surface area contributed by atoms with Crippen LogP contribution in [0.25, 0.3) is 0 Å². The molecule has 1 unspecified atom stereocenters.